The van der Waals surface area contributed by atoms with Crippen LogP contribution >= 0.6 is 0 Å². The van der Waals surface area contributed by atoms with E-state index >= 15 is 0 Å². The van der Waals surface area contributed by atoms with Crippen LogP contribution in [0.2, 0.25) is 0 Å². The molecule has 2 saturated carbocycles. The molecule has 0 unspecified atom stereocenters. The Labute approximate surface area is 277 Å². The first-order valence-electron chi connectivity index (χ1n) is 16.8. The van der Waals surface area contributed by atoms with E-state index in [0.29, 0.717) is 54.8 Å². The summed E-state index contributed by atoms with van der Waals surface area (Å²) in [7, 11) is 0. The summed E-state index contributed by atoms with van der Waals surface area (Å²) in [5, 5.41) is 2.94. The zero-order valence-electron chi connectivity index (χ0n) is 27.5. The van der Waals surface area contributed by atoms with E-state index in [1.165, 1.54) is 24.5 Å². The minimum absolute atomic E-state index is 0.0170. The molecule has 252 valence electrons. The standard InChI is InChI=1S/C36H40F3N7O2/c1-20-30(21(2)42-29(41-20)19-28(40)47)24-8-7-23(17-22-5-6-22)26(18-24)46-15-13-35(14-16-46)33(48)44-32(45-35)25-9-10-27(36(37,38)39)43-31(25)34(3)11-4-12-34/h7-10,18,22H,4-6,11-17,19H2,1-3H3,(H2,40,47)(H,44,45,48). The number of nitrogens with zero attached hydrogens (tertiary/aromatic N) is 5. The Balaban J connectivity index is 1.18. The number of aliphatic imine (C=N–C) groups is 1. The van der Waals surface area contributed by atoms with Crippen LogP contribution in [0, 0.1) is 19.8 Å². The van der Waals surface area contributed by atoms with E-state index in [-0.39, 0.29) is 12.3 Å². The topological polar surface area (TPSA) is 126 Å². The molecule has 3 aromatic rings. The molecule has 4 aliphatic rings. The SMILES string of the molecule is Cc1nc(CC(N)=O)nc(C)c1-c1ccc(CC2CC2)c(N2CCC3(CC2)N=C(c2ccc(C(F)(F)F)nc2C2(C)CCC2)NC3=O)c1. The predicted octanol–water partition coefficient (Wildman–Crippen LogP) is 5.51. The maximum atomic E-state index is 13.6. The number of amides is 2. The first-order chi connectivity index (χ1) is 22.7. The van der Waals surface area contributed by atoms with Gasteiger partial charge in [-0.15, -0.1) is 0 Å². The number of carbonyl (C=O) groups is 2. The summed E-state index contributed by atoms with van der Waals surface area (Å²) in [5.74, 6) is 0.701. The monoisotopic (exact) mass is 659 g/mol. The van der Waals surface area contributed by atoms with Gasteiger partial charge in [-0.3, -0.25) is 14.6 Å². The van der Waals surface area contributed by atoms with Crippen molar-refractivity contribution in [2.75, 3.05) is 18.0 Å². The van der Waals surface area contributed by atoms with Gasteiger partial charge in [0, 0.05) is 46.7 Å². The Hall–Kier alpha value is -4.35. The number of anilines is 1. The smallest absolute Gasteiger partial charge is 0.371 e. The Morgan fingerprint density at radius 3 is 2.29 bits per heavy atom. The van der Waals surface area contributed by atoms with E-state index in [2.05, 4.69) is 43.4 Å². The van der Waals surface area contributed by atoms with Crippen LogP contribution in [0.1, 0.15) is 91.6 Å². The second-order valence-corrected chi connectivity index (χ2v) is 14.3. The minimum atomic E-state index is -4.56. The fourth-order valence-corrected chi connectivity index (χ4v) is 7.57. The predicted molar refractivity (Wildman–Crippen MR) is 176 cm³/mol. The summed E-state index contributed by atoms with van der Waals surface area (Å²) >= 11 is 0. The van der Waals surface area contributed by atoms with Gasteiger partial charge >= 0.3 is 6.18 Å². The van der Waals surface area contributed by atoms with Gasteiger partial charge in [0.05, 0.1) is 12.1 Å². The van der Waals surface area contributed by atoms with Gasteiger partial charge in [-0.2, -0.15) is 13.2 Å². The molecule has 2 aliphatic heterocycles. The van der Waals surface area contributed by atoms with E-state index < -0.39 is 28.7 Å². The summed E-state index contributed by atoms with van der Waals surface area (Å²) < 4.78 is 40.9. The van der Waals surface area contributed by atoms with E-state index in [1.54, 1.807) is 0 Å². The van der Waals surface area contributed by atoms with E-state index in [1.807, 2.05) is 20.8 Å². The second kappa shape index (κ2) is 11.7. The van der Waals surface area contributed by atoms with Crippen molar-refractivity contribution in [3.05, 3.63) is 70.1 Å². The number of aryl methyl sites for hydroxylation is 2. The number of nitrogens with two attached hydrogens (primary N) is 1. The fraction of sp³-hybridized carbons (Fsp3) is 0.500. The average molecular weight is 660 g/mol. The molecule has 0 radical (unpaired) electrons. The summed E-state index contributed by atoms with van der Waals surface area (Å²) in [5.41, 5.74) is 9.63. The Bertz CT molecular complexity index is 1810. The van der Waals surface area contributed by atoms with Crippen LogP contribution in [0.5, 0.6) is 0 Å². The lowest BCUT2D eigenvalue weighted by Crippen LogP contribution is -2.49. The first kappa shape index (κ1) is 32.2. The van der Waals surface area contributed by atoms with Gasteiger partial charge in [0.2, 0.25) is 5.91 Å². The molecule has 1 saturated heterocycles. The molecule has 0 bridgehead atoms. The number of alkyl halides is 3. The molecule has 7 rings (SSSR count). The van der Waals surface area contributed by atoms with Crippen LogP contribution < -0.4 is 16.0 Å². The quantitative estimate of drug-likeness (QED) is 0.329. The molecule has 2 amide bonds. The summed E-state index contributed by atoms with van der Waals surface area (Å²) in [6, 6.07) is 8.88. The van der Waals surface area contributed by atoms with E-state index in [9.17, 15) is 22.8 Å². The van der Waals surface area contributed by atoms with Crippen molar-refractivity contribution in [2.24, 2.45) is 16.6 Å². The molecule has 12 heteroatoms. The zero-order valence-corrected chi connectivity index (χ0v) is 27.5. The van der Waals surface area contributed by atoms with Crippen LogP contribution in [0.4, 0.5) is 18.9 Å². The van der Waals surface area contributed by atoms with Gasteiger partial charge in [-0.25, -0.2) is 15.0 Å². The number of halogens is 3. The highest BCUT2D eigenvalue weighted by atomic mass is 19.4. The van der Waals surface area contributed by atoms with Crippen LogP contribution in [-0.2, 0) is 34.0 Å². The van der Waals surface area contributed by atoms with E-state index in [4.69, 9.17) is 10.7 Å². The average Bonchev–Trinajstić information content (AvgIpc) is 3.77. The lowest BCUT2D eigenvalue weighted by molar-refractivity contribution is -0.141. The number of nitrogens with one attached hydrogen (secondary N) is 1. The number of aromatic nitrogens is 3. The lowest BCUT2D eigenvalue weighted by atomic mass is 9.67. The maximum Gasteiger partial charge on any atom is 0.433 e. The number of piperidine rings is 1. The van der Waals surface area contributed by atoms with Crippen molar-refractivity contribution in [3.8, 4) is 11.1 Å². The van der Waals surface area contributed by atoms with Gasteiger partial charge in [-0.05, 0) is 94.0 Å². The molecule has 4 heterocycles. The highest BCUT2D eigenvalue weighted by Crippen LogP contribution is 2.46. The van der Waals surface area contributed by atoms with Crippen LogP contribution in [0.15, 0.2) is 35.3 Å². The van der Waals surface area contributed by atoms with Gasteiger partial charge in [0.25, 0.3) is 5.91 Å². The van der Waals surface area contributed by atoms with Crippen molar-refractivity contribution in [1.29, 1.82) is 0 Å². The third-order valence-corrected chi connectivity index (χ3v) is 10.6. The van der Waals surface area contributed by atoms with Crippen molar-refractivity contribution in [3.63, 3.8) is 0 Å². The van der Waals surface area contributed by atoms with Crippen molar-refractivity contribution < 1.29 is 22.8 Å². The maximum absolute atomic E-state index is 13.6. The van der Waals surface area contributed by atoms with Crippen LogP contribution in [0.25, 0.3) is 11.1 Å². The number of benzene rings is 1. The molecule has 1 aromatic carbocycles. The largest absolute Gasteiger partial charge is 0.433 e. The zero-order chi connectivity index (χ0) is 34.0. The van der Waals surface area contributed by atoms with Gasteiger partial charge < -0.3 is 16.0 Å². The number of carbonyl (C=O) groups excluding carboxylic acids is 2. The highest BCUT2D eigenvalue weighted by Gasteiger charge is 2.48. The molecule has 3 N–H and O–H groups in total. The molecule has 3 fully saturated rings. The number of pyridine rings is 1. The number of rotatable bonds is 8. The molecule has 0 atom stereocenters. The third-order valence-electron chi connectivity index (χ3n) is 10.6. The number of amidine groups is 1. The Kier molecular flexibility index (Phi) is 7.83. The molecule has 9 nitrogen and oxygen atoms in total. The van der Waals surface area contributed by atoms with Gasteiger partial charge in [0.1, 0.15) is 22.9 Å². The molecule has 1 spiro atoms. The number of hydrogen-bond acceptors (Lipinski definition) is 7. The van der Waals surface area contributed by atoms with Crippen molar-refractivity contribution in [2.45, 2.75) is 95.7 Å². The molecule has 2 aliphatic carbocycles. The van der Waals surface area contributed by atoms with Crippen molar-refractivity contribution >= 4 is 23.3 Å². The molecule has 48 heavy (non-hydrogen) atoms. The molecular formula is C36H40F3N7O2. The summed E-state index contributed by atoms with van der Waals surface area (Å²) in [4.78, 5) is 45.6. The Morgan fingerprint density at radius 2 is 1.71 bits per heavy atom. The molecule has 2 aromatic heterocycles. The third kappa shape index (κ3) is 5.94. The molecular weight excluding hydrogens is 619 g/mol. The Morgan fingerprint density at radius 1 is 1.02 bits per heavy atom. The number of primary amides is 1. The summed E-state index contributed by atoms with van der Waals surface area (Å²) in [6.07, 6.45) is 2.18. The fourth-order valence-electron chi connectivity index (χ4n) is 7.57. The first-order valence-corrected chi connectivity index (χ1v) is 16.8. The number of hydrogen-bond donors (Lipinski definition) is 2. The second-order valence-electron chi connectivity index (χ2n) is 14.3. The normalized spacial score (nSPS) is 20.0. The highest BCUT2D eigenvalue weighted by molar-refractivity contribution is 6.16. The van der Waals surface area contributed by atoms with Crippen LogP contribution in [0.3, 0.4) is 0 Å². The van der Waals surface area contributed by atoms with E-state index in [0.717, 1.165) is 60.0 Å². The summed E-state index contributed by atoms with van der Waals surface area (Å²) in [6.45, 7) is 6.94. The van der Waals surface area contributed by atoms with Gasteiger partial charge in [-0.1, -0.05) is 25.5 Å². The van der Waals surface area contributed by atoms with Gasteiger partial charge in [0.15, 0.2) is 0 Å². The minimum Gasteiger partial charge on any atom is -0.371 e. The van der Waals surface area contributed by atoms with Crippen LogP contribution in [-0.4, -0.2) is 51.2 Å². The van der Waals surface area contributed by atoms with Crippen molar-refractivity contribution in [1.82, 2.24) is 20.3 Å². The lowest BCUT2D eigenvalue weighted by Gasteiger charge is -2.39.